The number of hydrogen-bond donors (Lipinski definition) is 1. The standard InChI is InChI=1S/C28H31ClN2O4/c1-17-25(28(33)35-14-13-34-4)26(19-7-11-22(12-8-19)31(2)3)27-23(30-17)15-20(16-24(27)32)18-5-9-21(29)10-6-18/h5-12,20,26,30H,13-16H2,1-4H3/t20-,26+/m1/s1. The van der Waals surface area contributed by atoms with Crippen molar-refractivity contribution in [2.75, 3.05) is 39.3 Å². The molecule has 2 aliphatic rings. The third-order valence-electron chi connectivity index (χ3n) is 6.65. The van der Waals surface area contributed by atoms with Crippen LogP contribution in [0.25, 0.3) is 0 Å². The Bertz CT molecular complexity index is 1170. The minimum Gasteiger partial charge on any atom is -0.460 e. The molecule has 0 spiro atoms. The van der Waals surface area contributed by atoms with Gasteiger partial charge in [-0.1, -0.05) is 35.9 Å². The monoisotopic (exact) mass is 494 g/mol. The fourth-order valence-corrected chi connectivity index (χ4v) is 5.00. The molecule has 4 rings (SSSR count). The predicted molar refractivity (Wildman–Crippen MR) is 138 cm³/mol. The van der Waals surface area contributed by atoms with Crippen molar-refractivity contribution in [3.63, 3.8) is 0 Å². The second kappa shape index (κ2) is 10.7. The minimum absolute atomic E-state index is 0.0371. The van der Waals surface area contributed by atoms with Crippen LogP contribution >= 0.6 is 11.6 Å². The fraction of sp³-hybridized carbons (Fsp3) is 0.357. The summed E-state index contributed by atoms with van der Waals surface area (Å²) < 4.78 is 10.5. The molecule has 2 aromatic carbocycles. The summed E-state index contributed by atoms with van der Waals surface area (Å²) in [5.74, 6) is -0.843. The minimum atomic E-state index is -0.490. The number of rotatable bonds is 7. The highest BCUT2D eigenvalue weighted by atomic mass is 35.5. The summed E-state index contributed by atoms with van der Waals surface area (Å²) in [4.78, 5) is 28.9. The predicted octanol–water partition coefficient (Wildman–Crippen LogP) is 4.96. The molecule has 0 amide bonds. The first-order chi connectivity index (χ1) is 16.8. The van der Waals surface area contributed by atoms with Gasteiger partial charge < -0.3 is 19.7 Å². The van der Waals surface area contributed by atoms with Crippen LogP contribution < -0.4 is 10.2 Å². The summed E-state index contributed by atoms with van der Waals surface area (Å²) >= 11 is 6.07. The first-order valence-electron chi connectivity index (χ1n) is 11.7. The van der Waals surface area contributed by atoms with Crippen molar-refractivity contribution in [1.82, 2.24) is 5.32 Å². The maximum Gasteiger partial charge on any atom is 0.336 e. The number of hydrogen-bond acceptors (Lipinski definition) is 6. The highest BCUT2D eigenvalue weighted by Crippen LogP contribution is 2.46. The van der Waals surface area contributed by atoms with Crippen LogP contribution in [0.3, 0.4) is 0 Å². The lowest BCUT2D eigenvalue weighted by Crippen LogP contribution is -2.36. The molecule has 1 N–H and O–H groups in total. The van der Waals surface area contributed by atoms with Gasteiger partial charge in [-0.25, -0.2) is 4.79 Å². The molecular formula is C28H31ClN2O4. The van der Waals surface area contributed by atoms with Gasteiger partial charge in [-0.05, 0) is 54.7 Å². The second-order valence-corrected chi connectivity index (χ2v) is 9.62. The highest BCUT2D eigenvalue weighted by molar-refractivity contribution is 6.30. The molecule has 6 nitrogen and oxygen atoms in total. The topological polar surface area (TPSA) is 67.9 Å². The molecule has 7 heteroatoms. The third kappa shape index (κ3) is 5.29. The number of halogens is 1. The van der Waals surface area contributed by atoms with Crippen molar-refractivity contribution in [3.8, 4) is 0 Å². The number of allylic oxidation sites excluding steroid dienone is 3. The van der Waals surface area contributed by atoms with E-state index in [4.69, 9.17) is 21.1 Å². The summed E-state index contributed by atoms with van der Waals surface area (Å²) in [6, 6.07) is 15.7. The van der Waals surface area contributed by atoms with Crippen molar-refractivity contribution in [2.45, 2.75) is 31.6 Å². The normalized spacial score (nSPS) is 19.9. The molecule has 184 valence electrons. The van der Waals surface area contributed by atoms with E-state index in [1.165, 1.54) is 0 Å². The molecule has 2 aromatic rings. The van der Waals surface area contributed by atoms with Crippen LogP contribution in [0.15, 0.2) is 71.1 Å². The van der Waals surface area contributed by atoms with E-state index in [2.05, 4.69) is 5.32 Å². The number of carbonyl (C=O) groups is 2. The largest absolute Gasteiger partial charge is 0.460 e. The number of ketones is 1. The van der Waals surface area contributed by atoms with Gasteiger partial charge in [0.25, 0.3) is 0 Å². The van der Waals surface area contributed by atoms with Gasteiger partial charge in [0.05, 0.1) is 12.2 Å². The number of benzene rings is 2. The molecule has 0 aromatic heterocycles. The molecule has 0 saturated heterocycles. The Morgan fingerprint density at radius 1 is 1.03 bits per heavy atom. The van der Waals surface area contributed by atoms with Crippen LogP contribution in [-0.4, -0.2) is 46.2 Å². The van der Waals surface area contributed by atoms with Crippen molar-refractivity contribution >= 4 is 29.0 Å². The molecule has 35 heavy (non-hydrogen) atoms. The molecule has 0 radical (unpaired) electrons. The smallest absolute Gasteiger partial charge is 0.336 e. The Labute approximate surface area is 211 Å². The van der Waals surface area contributed by atoms with Gasteiger partial charge in [0.2, 0.25) is 0 Å². The Balaban J connectivity index is 1.74. The number of dihydropyridines is 1. The Morgan fingerprint density at radius 2 is 1.69 bits per heavy atom. The van der Waals surface area contributed by atoms with Crippen LogP contribution in [0, 0.1) is 0 Å². The van der Waals surface area contributed by atoms with E-state index in [9.17, 15) is 9.59 Å². The zero-order valence-electron chi connectivity index (χ0n) is 20.6. The molecule has 0 bridgehead atoms. The highest BCUT2D eigenvalue weighted by Gasteiger charge is 2.41. The number of nitrogens with zero attached hydrogens (tertiary/aromatic N) is 1. The Kier molecular flexibility index (Phi) is 7.63. The van der Waals surface area contributed by atoms with Crippen molar-refractivity contribution < 1.29 is 19.1 Å². The number of ether oxygens (including phenoxy) is 2. The lowest BCUT2D eigenvalue weighted by Gasteiger charge is -2.36. The second-order valence-electron chi connectivity index (χ2n) is 9.18. The molecule has 0 unspecified atom stereocenters. The molecule has 1 heterocycles. The van der Waals surface area contributed by atoms with Crippen molar-refractivity contribution in [1.29, 1.82) is 0 Å². The van der Waals surface area contributed by atoms with E-state index in [-0.39, 0.29) is 18.3 Å². The number of esters is 1. The van der Waals surface area contributed by atoms with Gasteiger partial charge >= 0.3 is 5.97 Å². The van der Waals surface area contributed by atoms with E-state index in [0.717, 1.165) is 22.5 Å². The van der Waals surface area contributed by atoms with Gasteiger partial charge in [-0.15, -0.1) is 0 Å². The van der Waals surface area contributed by atoms with Gasteiger partial charge in [-0.2, -0.15) is 0 Å². The average Bonchev–Trinajstić information content (AvgIpc) is 2.83. The van der Waals surface area contributed by atoms with Crippen LogP contribution in [-0.2, 0) is 19.1 Å². The van der Waals surface area contributed by atoms with Gasteiger partial charge in [0.15, 0.2) is 5.78 Å². The maximum atomic E-state index is 13.6. The molecular weight excluding hydrogens is 464 g/mol. The summed E-state index contributed by atoms with van der Waals surface area (Å²) in [5.41, 5.74) is 5.70. The summed E-state index contributed by atoms with van der Waals surface area (Å²) in [5, 5.41) is 4.05. The van der Waals surface area contributed by atoms with Gasteiger partial charge in [-0.3, -0.25) is 4.79 Å². The Hall–Kier alpha value is -3.09. The molecule has 0 saturated carbocycles. The zero-order chi connectivity index (χ0) is 25.1. The van der Waals surface area contributed by atoms with E-state index in [1.807, 2.05) is 74.4 Å². The van der Waals surface area contributed by atoms with E-state index in [1.54, 1.807) is 7.11 Å². The van der Waals surface area contributed by atoms with Crippen LogP contribution in [0.2, 0.25) is 5.02 Å². The van der Waals surface area contributed by atoms with Crippen LogP contribution in [0.5, 0.6) is 0 Å². The SMILES string of the molecule is COCCOC(=O)C1=C(C)NC2=C(C(=O)C[C@H](c3ccc(Cl)cc3)C2)[C@H]1c1ccc(N(C)C)cc1. The van der Waals surface area contributed by atoms with Crippen molar-refractivity contribution in [3.05, 3.63) is 87.2 Å². The third-order valence-corrected chi connectivity index (χ3v) is 6.90. The van der Waals surface area contributed by atoms with Crippen molar-refractivity contribution in [2.24, 2.45) is 0 Å². The van der Waals surface area contributed by atoms with Crippen LogP contribution in [0.1, 0.15) is 42.7 Å². The first-order valence-corrected chi connectivity index (χ1v) is 12.1. The quantitative estimate of drug-likeness (QED) is 0.433. The number of anilines is 1. The van der Waals surface area contributed by atoms with E-state index >= 15 is 0 Å². The maximum absolute atomic E-state index is 13.6. The molecule has 1 aliphatic carbocycles. The summed E-state index contributed by atoms with van der Waals surface area (Å²) in [6.45, 7) is 2.33. The lowest BCUT2D eigenvalue weighted by atomic mass is 9.71. The van der Waals surface area contributed by atoms with E-state index < -0.39 is 11.9 Å². The molecule has 1 aliphatic heterocycles. The summed E-state index contributed by atoms with van der Waals surface area (Å²) in [6.07, 6.45) is 1.05. The van der Waals surface area contributed by atoms with Gasteiger partial charge in [0.1, 0.15) is 6.61 Å². The Morgan fingerprint density at radius 3 is 2.31 bits per heavy atom. The average molecular weight is 495 g/mol. The lowest BCUT2D eigenvalue weighted by molar-refractivity contribution is -0.140. The summed E-state index contributed by atoms with van der Waals surface area (Å²) in [7, 11) is 5.51. The number of carbonyl (C=O) groups excluding carboxylic acids is 2. The number of methoxy groups -OCH3 is 1. The first kappa shape index (κ1) is 25.0. The zero-order valence-corrected chi connectivity index (χ0v) is 21.3. The van der Waals surface area contributed by atoms with Gasteiger partial charge in [0, 0.05) is 61.2 Å². The molecule has 0 fully saturated rings. The fourth-order valence-electron chi connectivity index (χ4n) is 4.87. The van der Waals surface area contributed by atoms with Crippen LogP contribution in [0.4, 0.5) is 5.69 Å². The number of nitrogens with one attached hydrogen (secondary N) is 1. The molecule has 2 atom stereocenters. The van der Waals surface area contributed by atoms with E-state index in [0.29, 0.717) is 41.3 Å². The number of Topliss-reactive ketones (excluding diaryl/α,β-unsaturated/α-hetero) is 1.